The predicted molar refractivity (Wildman–Crippen MR) is 102 cm³/mol. The van der Waals surface area contributed by atoms with E-state index in [4.69, 9.17) is 0 Å². The number of aromatic amines is 1. The number of hydrogen-bond donors (Lipinski definition) is 1. The Bertz CT molecular complexity index is 745. The maximum atomic E-state index is 12.5. The summed E-state index contributed by atoms with van der Waals surface area (Å²) in [5.41, 5.74) is 5.72. The average Bonchev–Trinajstić information content (AvgIpc) is 2.95. The zero-order valence-electron chi connectivity index (χ0n) is 15.6. The van der Waals surface area contributed by atoms with E-state index in [9.17, 15) is 4.79 Å². The van der Waals surface area contributed by atoms with Gasteiger partial charge in [-0.25, -0.2) is 4.98 Å². The van der Waals surface area contributed by atoms with Crippen LogP contribution < -0.4 is 0 Å². The molecular formula is C20H28N4O. The van der Waals surface area contributed by atoms with Gasteiger partial charge in [-0.15, -0.1) is 0 Å². The first-order chi connectivity index (χ1) is 11.9. The number of nitrogens with one attached hydrogen (secondary N) is 1. The van der Waals surface area contributed by atoms with Gasteiger partial charge in [0.05, 0.1) is 11.0 Å². The molecule has 0 spiro atoms. The molecular weight excluding hydrogens is 312 g/mol. The van der Waals surface area contributed by atoms with Crippen LogP contribution in [0.2, 0.25) is 0 Å². The molecule has 1 aromatic carbocycles. The lowest BCUT2D eigenvalue weighted by Crippen LogP contribution is -2.49. The summed E-state index contributed by atoms with van der Waals surface area (Å²) >= 11 is 0. The molecule has 1 aliphatic heterocycles. The lowest BCUT2D eigenvalue weighted by Gasteiger charge is -2.34. The van der Waals surface area contributed by atoms with Crippen LogP contribution >= 0.6 is 0 Å². The molecule has 1 aromatic heterocycles. The first-order valence-electron chi connectivity index (χ1n) is 9.02. The normalized spacial score (nSPS) is 15.7. The van der Waals surface area contributed by atoms with Gasteiger partial charge in [0.2, 0.25) is 5.91 Å². The zero-order chi connectivity index (χ0) is 18.0. The minimum Gasteiger partial charge on any atom is -0.342 e. The number of nitrogens with zero attached hydrogens (tertiary/aromatic N) is 3. The SMILES string of the molecule is C=C(C)CN1CCN(C(=O)CCc2nc3cc(C)c(C)cc3[nH]2)CC1. The molecule has 1 amide bonds. The highest BCUT2D eigenvalue weighted by Gasteiger charge is 2.21. The highest BCUT2D eigenvalue weighted by Crippen LogP contribution is 2.18. The molecule has 0 unspecified atom stereocenters. The topological polar surface area (TPSA) is 52.2 Å². The number of amides is 1. The van der Waals surface area contributed by atoms with Gasteiger partial charge in [-0.05, 0) is 44.0 Å². The van der Waals surface area contributed by atoms with Crippen molar-refractivity contribution in [1.82, 2.24) is 19.8 Å². The van der Waals surface area contributed by atoms with Gasteiger partial charge in [0, 0.05) is 45.6 Å². The molecule has 0 bridgehead atoms. The number of carbonyl (C=O) groups excluding carboxylic acids is 1. The summed E-state index contributed by atoms with van der Waals surface area (Å²) in [5, 5.41) is 0. The monoisotopic (exact) mass is 340 g/mol. The maximum absolute atomic E-state index is 12.5. The largest absolute Gasteiger partial charge is 0.342 e. The van der Waals surface area contributed by atoms with Crippen molar-refractivity contribution in [2.45, 2.75) is 33.6 Å². The Morgan fingerprint density at radius 1 is 1.20 bits per heavy atom. The smallest absolute Gasteiger partial charge is 0.223 e. The average molecular weight is 340 g/mol. The van der Waals surface area contributed by atoms with Crippen molar-refractivity contribution in [1.29, 1.82) is 0 Å². The summed E-state index contributed by atoms with van der Waals surface area (Å²) in [6.45, 7) is 14.6. The first-order valence-corrected chi connectivity index (χ1v) is 9.02. The number of piperazine rings is 1. The summed E-state index contributed by atoms with van der Waals surface area (Å²) in [5.74, 6) is 1.12. The van der Waals surface area contributed by atoms with Gasteiger partial charge in [-0.3, -0.25) is 9.69 Å². The molecule has 5 nitrogen and oxygen atoms in total. The number of hydrogen-bond acceptors (Lipinski definition) is 3. The maximum Gasteiger partial charge on any atom is 0.223 e. The lowest BCUT2D eigenvalue weighted by molar-refractivity contribution is -0.132. The molecule has 3 rings (SSSR count). The van der Waals surface area contributed by atoms with E-state index >= 15 is 0 Å². The second-order valence-corrected chi connectivity index (χ2v) is 7.25. The number of benzene rings is 1. The minimum atomic E-state index is 0.225. The quantitative estimate of drug-likeness (QED) is 0.852. The number of fused-ring (bicyclic) bond motifs is 1. The molecule has 2 heterocycles. The van der Waals surface area contributed by atoms with E-state index in [0.29, 0.717) is 12.8 Å². The molecule has 25 heavy (non-hydrogen) atoms. The van der Waals surface area contributed by atoms with Crippen LogP contribution in [0.1, 0.15) is 30.3 Å². The van der Waals surface area contributed by atoms with Gasteiger partial charge in [-0.1, -0.05) is 12.2 Å². The second kappa shape index (κ2) is 7.40. The Balaban J connectivity index is 1.53. The van der Waals surface area contributed by atoms with Gasteiger partial charge < -0.3 is 9.88 Å². The summed E-state index contributed by atoms with van der Waals surface area (Å²) in [6.07, 6.45) is 1.18. The van der Waals surface area contributed by atoms with E-state index in [2.05, 4.69) is 47.4 Å². The van der Waals surface area contributed by atoms with Crippen LogP contribution in [0.3, 0.4) is 0 Å². The van der Waals surface area contributed by atoms with Gasteiger partial charge in [0.1, 0.15) is 5.82 Å². The predicted octanol–water partition coefficient (Wildman–Crippen LogP) is 2.83. The fourth-order valence-electron chi connectivity index (χ4n) is 3.36. The Labute approximate surface area is 149 Å². The summed E-state index contributed by atoms with van der Waals surface area (Å²) in [4.78, 5) is 24.8. The van der Waals surface area contributed by atoms with Crippen LogP contribution in [0.5, 0.6) is 0 Å². The van der Waals surface area contributed by atoms with Crippen LogP contribution in [-0.4, -0.2) is 58.4 Å². The number of imidazole rings is 1. The molecule has 2 aromatic rings. The van der Waals surface area contributed by atoms with Crippen LogP contribution in [0.25, 0.3) is 11.0 Å². The number of carbonyl (C=O) groups is 1. The second-order valence-electron chi connectivity index (χ2n) is 7.25. The van der Waals surface area contributed by atoms with Crippen molar-refractivity contribution in [2.75, 3.05) is 32.7 Å². The van der Waals surface area contributed by atoms with Crippen LogP contribution in [-0.2, 0) is 11.2 Å². The van der Waals surface area contributed by atoms with Crippen molar-refractivity contribution in [3.8, 4) is 0 Å². The van der Waals surface area contributed by atoms with E-state index in [-0.39, 0.29) is 5.91 Å². The molecule has 0 radical (unpaired) electrons. The Morgan fingerprint density at radius 3 is 2.56 bits per heavy atom. The molecule has 0 saturated carbocycles. The fourth-order valence-corrected chi connectivity index (χ4v) is 3.36. The number of aryl methyl sites for hydroxylation is 3. The molecule has 1 saturated heterocycles. The van der Waals surface area contributed by atoms with E-state index in [1.807, 2.05) is 11.8 Å². The molecule has 1 N–H and O–H groups in total. The third-order valence-electron chi connectivity index (χ3n) is 4.94. The van der Waals surface area contributed by atoms with E-state index in [1.54, 1.807) is 0 Å². The minimum absolute atomic E-state index is 0.225. The van der Waals surface area contributed by atoms with Gasteiger partial charge >= 0.3 is 0 Å². The third kappa shape index (κ3) is 4.28. The Hall–Kier alpha value is -2.14. The Kier molecular flexibility index (Phi) is 5.23. The van der Waals surface area contributed by atoms with E-state index < -0.39 is 0 Å². The highest BCUT2D eigenvalue weighted by atomic mass is 16.2. The molecule has 0 aliphatic carbocycles. The van der Waals surface area contributed by atoms with Crippen molar-refractivity contribution in [2.24, 2.45) is 0 Å². The summed E-state index contributed by atoms with van der Waals surface area (Å²) in [7, 11) is 0. The van der Waals surface area contributed by atoms with Crippen molar-refractivity contribution < 1.29 is 4.79 Å². The van der Waals surface area contributed by atoms with Gasteiger partial charge in [0.15, 0.2) is 0 Å². The van der Waals surface area contributed by atoms with Gasteiger partial charge in [-0.2, -0.15) is 0 Å². The lowest BCUT2D eigenvalue weighted by atomic mass is 10.1. The number of H-pyrrole nitrogens is 1. The van der Waals surface area contributed by atoms with Crippen LogP contribution in [0.4, 0.5) is 0 Å². The molecule has 134 valence electrons. The van der Waals surface area contributed by atoms with E-state index in [0.717, 1.165) is 49.6 Å². The Morgan fingerprint density at radius 2 is 1.88 bits per heavy atom. The highest BCUT2D eigenvalue weighted by molar-refractivity contribution is 5.78. The van der Waals surface area contributed by atoms with Crippen LogP contribution in [0, 0.1) is 13.8 Å². The first kappa shape index (κ1) is 17.7. The zero-order valence-corrected chi connectivity index (χ0v) is 15.6. The van der Waals surface area contributed by atoms with Crippen molar-refractivity contribution in [3.05, 3.63) is 41.2 Å². The molecule has 5 heteroatoms. The van der Waals surface area contributed by atoms with Crippen LogP contribution in [0.15, 0.2) is 24.3 Å². The summed E-state index contributed by atoms with van der Waals surface area (Å²) < 4.78 is 0. The standard InChI is InChI=1S/C20H28N4O/c1-14(2)13-23-7-9-24(10-8-23)20(25)6-5-19-21-17-11-15(3)16(4)12-18(17)22-19/h11-12H,1,5-10,13H2,2-4H3,(H,21,22). The third-order valence-corrected chi connectivity index (χ3v) is 4.94. The van der Waals surface area contributed by atoms with Crippen molar-refractivity contribution in [3.63, 3.8) is 0 Å². The van der Waals surface area contributed by atoms with Crippen molar-refractivity contribution >= 4 is 16.9 Å². The number of rotatable bonds is 5. The fraction of sp³-hybridized carbons (Fsp3) is 0.500. The molecule has 1 fully saturated rings. The van der Waals surface area contributed by atoms with E-state index in [1.165, 1.54) is 16.7 Å². The molecule has 0 atom stereocenters. The number of aromatic nitrogens is 2. The van der Waals surface area contributed by atoms with Gasteiger partial charge in [0.25, 0.3) is 0 Å². The summed E-state index contributed by atoms with van der Waals surface area (Å²) in [6, 6.07) is 4.23. The molecule has 1 aliphatic rings.